The molecule has 22 heavy (non-hydrogen) atoms. The van der Waals surface area contributed by atoms with Crippen LogP contribution in [0.4, 0.5) is 18.9 Å². The second-order valence-corrected chi connectivity index (χ2v) is 4.32. The molecule has 1 aromatic carbocycles. The summed E-state index contributed by atoms with van der Waals surface area (Å²) in [5.74, 6) is -1.97. The highest BCUT2D eigenvalue weighted by atomic mass is 19.4. The summed E-state index contributed by atoms with van der Waals surface area (Å²) < 4.78 is 39.4. The molecule has 0 aliphatic carbocycles. The van der Waals surface area contributed by atoms with E-state index in [2.05, 4.69) is 10.4 Å². The number of para-hydroxylation sites is 1. The number of amides is 1. The zero-order chi connectivity index (χ0) is 16.3. The summed E-state index contributed by atoms with van der Waals surface area (Å²) in [6.07, 6.45) is -2.38. The Bertz CT molecular complexity index is 710. The number of aromatic nitrogens is 2. The molecule has 0 aliphatic heterocycles. The van der Waals surface area contributed by atoms with E-state index in [1.807, 2.05) is 0 Å². The van der Waals surface area contributed by atoms with E-state index in [1.54, 1.807) is 0 Å². The van der Waals surface area contributed by atoms with Crippen molar-refractivity contribution in [3.63, 3.8) is 0 Å². The van der Waals surface area contributed by atoms with Gasteiger partial charge in [-0.2, -0.15) is 18.3 Å². The standard InChI is InChI=1S/C13H10F3N3O3/c14-13(15,16)9-3-1-2-4-10(9)18-12(22)8-5-17-19(6-8)7-11(20)21/h1-6H,7H2,(H,18,22)(H,20,21). The molecular weight excluding hydrogens is 303 g/mol. The summed E-state index contributed by atoms with van der Waals surface area (Å²) in [5, 5.41) is 14.4. The van der Waals surface area contributed by atoms with Gasteiger partial charge in [-0.15, -0.1) is 0 Å². The molecule has 1 heterocycles. The Morgan fingerprint density at radius 2 is 1.95 bits per heavy atom. The van der Waals surface area contributed by atoms with Gasteiger partial charge in [-0.05, 0) is 12.1 Å². The molecule has 2 N–H and O–H groups in total. The van der Waals surface area contributed by atoms with Crippen LogP contribution in [0.5, 0.6) is 0 Å². The second-order valence-electron chi connectivity index (χ2n) is 4.32. The Morgan fingerprint density at radius 1 is 1.27 bits per heavy atom. The number of halogens is 3. The van der Waals surface area contributed by atoms with E-state index in [0.29, 0.717) is 0 Å². The van der Waals surface area contributed by atoms with Crippen molar-refractivity contribution >= 4 is 17.6 Å². The summed E-state index contributed by atoms with van der Waals surface area (Å²) in [6, 6.07) is 4.55. The third-order valence-corrected chi connectivity index (χ3v) is 2.67. The first-order valence-electron chi connectivity index (χ1n) is 5.99. The van der Waals surface area contributed by atoms with E-state index in [9.17, 15) is 22.8 Å². The zero-order valence-corrected chi connectivity index (χ0v) is 11.0. The highest BCUT2D eigenvalue weighted by Gasteiger charge is 2.33. The summed E-state index contributed by atoms with van der Waals surface area (Å²) in [5.41, 5.74) is -1.40. The Balaban J connectivity index is 2.19. The maximum Gasteiger partial charge on any atom is 0.418 e. The summed E-state index contributed by atoms with van der Waals surface area (Å²) in [6.45, 7) is -0.452. The van der Waals surface area contributed by atoms with E-state index >= 15 is 0 Å². The van der Waals surface area contributed by atoms with Crippen LogP contribution < -0.4 is 5.32 Å². The van der Waals surface area contributed by atoms with Crippen molar-refractivity contribution in [1.82, 2.24) is 9.78 Å². The molecule has 0 aliphatic rings. The number of carbonyl (C=O) groups is 2. The minimum absolute atomic E-state index is 0.0433. The van der Waals surface area contributed by atoms with Crippen LogP contribution in [0.2, 0.25) is 0 Å². The second kappa shape index (κ2) is 5.88. The monoisotopic (exact) mass is 313 g/mol. The van der Waals surface area contributed by atoms with Gasteiger partial charge in [0, 0.05) is 6.20 Å². The van der Waals surface area contributed by atoms with E-state index in [1.165, 1.54) is 12.1 Å². The quantitative estimate of drug-likeness (QED) is 0.906. The minimum Gasteiger partial charge on any atom is -0.480 e. The average Bonchev–Trinajstić information content (AvgIpc) is 2.86. The molecule has 0 bridgehead atoms. The van der Waals surface area contributed by atoms with Crippen molar-refractivity contribution in [2.45, 2.75) is 12.7 Å². The molecule has 2 aromatic rings. The molecule has 116 valence electrons. The highest BCUT2D eigenvalue weighted by molar-refractivity contribution is 6.04. The predicted molar refractivity (Wildman–Crippen MR) is 69.3 cm³/mol. The van der Waals surface area contributed by atoms with Crippen molar-refractivity contribution in [2.75, 3.05) is 5.32 Å². The van der Waals surface area contributed by atoms with Gasteiger partial charge in [-0.25, -0.2) is 0 Å². The predicted octanol–water partition coefficient (Wildman–Crippen LogP) is 2.24. The number of anilines is 1. The molecule has 0 unspecified atom stereocenters. The molecule has 0 atom stereocenters. The molecule has 0 spiro atoms. The first kappa shape index (κ1) is 15.5. The number of aliphatic carboxylic acids is 1. The number of benzene rings is 1. The van der Waals surface area contributed by atoms with Gasteiger partial charge in [0.15, 0.2) is 0 Å². The van der Waals surface area contributed by atoms with Gasteiger partial charge < -0.3 is 10.4 Å². The van der Waals surface area contributed by atoms with E-state index in [-0.39, 0.29) is 11.3 Å². The van der Waals surface area contributed by atoms with Crippen LogP contribution in [-0.2, 0) is 17.5 Å². The van der Waals surface area contributed by atoms with Gasteiger partial charge in [0.25, 0.3) is 5.91 Å². The van der Waals surface area contributed by atoms with Gasteiger partial charge in [-0.3, -0.25) is 14.3 Å². The number of carboxylic acids is 1. The van der Waals surface area contributed by atoms with Gasteiger partial charge in [-0.1, -0.05) is 12.1 Å². The van der Waals surface area contributed by atoms with Crippen LogP contribution in [-0.4, -0.2) is 26.8 Å². The Labute approximate surface area is 122 Å². The van der Waals surface area contributed by atoms with E-state index < -0.39 is 30.2 Å². The smallest absolute Gasteiger partial charge is 0.418 e. The molecule has 0 saturated heterocycles. The molecule has 9 heteroatoms. The Morgan fingerprint density at radius 3 is 2.59 bits per heavy atom. The van der Waals surface area contributed by atoms with Crippen molar-refractivity contribution in [3.05, 3.63) is 47.8 Å². The molecule has 2 rings (SSSR count). The molecule has 1 aromatic heterocycles. The number of alkyl halides is 3. The van der Waals surface area contributed by atoms with Crippen LogP contribution in [0.1, 0.15) is 15.9 Å². The molecule has 6 nitrogen and oxygen atoms in total. The Kier molecular flexibility index (Phi) is 4.15. The summed E-state index contributed by atoms with van der Waals surface area (Å²) in [7, 11) is 0. The maximum atomic E-state index is 12.8. The largest absolute Gasteiger partial charge is 0.480 e. The van der Waals surface area contributed by atoms with Crippen molar-refractivity contribution in [1.29, 1.82) is 0 Å². The third-order valence-electron chi connectivity index (χ3n) is 2.67. The number of rotatable bonds is 4. The molecule has 0 saturated carbocycles. The van der Waals surface area contributed by atoms with Gasteiger partial charge in [0.05, 0.1) is 23.0 Å². The number of nitrogens with zero attached hydrogens (tertiary/aromatic N) is 2. The van der Waals surface area contributed by atoms with Crippen molar-refractivity contribution in [2.24, 2.45) is 0 Å². The lowest BCUT2D eigenvalue weighted by atomic mass is 10.1. The lowest BCUT2D eigenvalue weighted by Crippen LogP contribution is -2.16. The summed E-state index contributed by atoms with van der Waals surface area (Å²) >= 11 is 0. The van der Waals surface area contributed by atoms with Gasteiger partial charge >= 0.3 is 12.1 Å². The first-order chi connectivity index (χ1) is 10.3. The fraction of sp³-hybridized carbons (Fsp3) is 0.154. The van der Waals surface area contributed by atoms with Crippen LogP contribution in [0, 0.1) is 0 Å². The van der Waals surface area contributed by atoms with Crippen molar-refractivity contribution < 1.29 is 27.9 Å². The van der Waals surface area contributed by atoms with Gasteiger partial charge in [0.2, 0.25) is 0 Å². The number of carboxylic acid groups (broad SMARTS) is 1. The fourth-order valence-corrected chi connectivity index (χ4v) is 1.74. The zero-order valence-electron chi connectivity index (χ0n) is 11.0. The summed E-state index contributed by atoms with van der Waals surface area (Å²) in [4.78, 5) is 22.4. The first-order valence-corrected chi connectivity index (χ1v) is 5.99. The SMILES string of the molecule is O=C(O)Cn1cc(C(=O)Nc2ccccc2C(F)(F)F)cn1. The normalized spacial score (nSPS) is 11.2. The number of hydrogen-bond donors (Lipinski definition) is 2. The highest BCUT2D eigenvalue weighted by Crippen LogP contribution is 2.34. The lowest BCUT2D eigenvalue weighted by molar-refractivity contribution is -0.138. The van der Waals surface area contributed by atoms with Crippen LogP contribution >= 0.6 is 0 Å². The average molecular weight is 313 g/mol. The topological polar surface area (TPSA) is 84.2 Å². The maximum absolute atomic E-state index is 12.8. The van der Waals surface area contributed by atoms with Crippen molar-refractivity contribution in [3.8, 4) is 0 Å². The van der Waals surface area contributed by atoms with E-state index in [4.69, 9.17) is 5.11 Å². The number of carbonyl (C=O) groups excluding carboxylic acids is 1. The third kappa shape index (κ3) is 3.62. The van der Waals surface area contributed by atoms with Crippen LogP contribution in [0.15, 0.2) is 36.7 Å². The number of nitrogens with one attached hydrogen (secondary N) is 1. The Hall–Kier alpha value is -2.84. The van der Waals surface area contributed by atoms with Crippen LogP contribution in [0.25, 0.3) is 0 Å². The molecule has 1 amide bonds. The van der Waals surface area contributed by atoms with E-state index in [0.717, 1.165) is 29.2 Å². The molecule has 0 fully saturated rings. The molecule has 0 radical (unpaired) electrons. The van der Waals surface area contributed by atoms with Crippen LogP contribution in [0.3, 0.4) is 0 Å². The number of hydrogen-bond acceptors (Lipinski definition) is 3. The minimum atomic E-state index is -4.60. The van der Waals surface area contributed by atoms with Gasteiger partial charge in [0.1, 0.15) is 6.54 Å². The fourth-order valence-electron chi connectivity index (χ4n) is 1.74. The lowest BCUT2D eigenvalue weighted by Gasteiger charge is -2.12. The molecular formula is C13H10F3N3O3.